The highest BCUT2D eigenvalue weighted by Crippen LogP contribution is 2.26. The predicted octanol–water partition coefficient (Wildman–Crippen LogP) is 1.21. The second-order valence-corrected chi connectivity index (χ2v) is 3.61. The van der Waals surface area contributed by atoms with Crippen LogP contribution in [0, 0.1) is 5.92 Å². The molecule has 0 aromatic rings. The van der Waals surface area contributed by atoms with Crippen molar-refractivity contribution in [3.05, 3.63) is 0 Å². The molecule has 0 aromatic heterocycles. The van der Waals surface area contributed by atoms with E-state index in [1.54, 1.807) is 0 Å². The van der Waals surface area contributed by atoms with E-state index in [0.717, 1.165) is 12.8 Å². The third-order valence-electron chi connectivity index (χ3n) is 2.78. The highest BCUT2D eigenvalue weighted by molar-refractivity contribution is 4.72. The van der Waals surface area contributed by atoms with Gasteiger partial charge in [0, 0.05) is 0 Å². The molecular formula is C9H19NO2. The summed E-state index contributed by atoms with van der Waals surface area (Å²) >= 11 is 0. The molecule has 1 fully saturated rings. The molecule has 1 aliphatic rings. The maximum absolute atomic E-state index is 8.97. The molecule has 1 aliphatic carbocycles. The van der Waals surface area contributed by atoms with Gasteiger partial charge in [0.15, 0.2) is 0 Å². The molecule has 3 N–H and O–H groups in total. The summed E-state index contributed by atoms with van der Waals surface area (Å²) in [5.41, 5.74) is 0. The quantitative estimate of drug-likeness (QED) is 0.498. The summed E-state index contributed by atoms with van der Waals surface area (Å²) in [5, 5.41) is 8.97. The van der Waals surface area contributed by atoms with Gasteiger partial charge in [-0.15, -0.1) is 0 Å². The molecule has 1 unspecified atom stereocenters. The monoisotopic (exact) mass is 173 g/mol. The minimum absolute atomic E-state index is 0.0567. The van der Waals surface area contributed by atoms with Crippen LogP contribution >= 0.6 is 0 Å². The van der Waals surface area contributed by atoms with Crippen LogP contribution in [0.25, 0.3) is 0 Å². The predicted molar refractivity (Wildman–Crippen MR) is 47.3 cm³/mol. The summed E-state index contributed by atoms with van der Waals surface area (Å²) < 4.78 is 0. The molecule has 1 atom stereocenters. The molecule has 3 nitrogen and oxygen atoms in total. The van der Waals surface area contributed by atoms with Crippen LogP contribution in [0.4, 0.5) is 0 Å². The number of aliphatic hydroxyl groups is 1. The summed E-state index contributed by atoms with van der Waals surface area (Å²) in [4.78, 5) is 4.74. The lowest BCUT2D eigenvalue weighted by molar-refractivity contribution is -0.0286. The molecule has 3 heteroatoms. The van der Waals surface area contributed by atoms with Gasteiger partial charge in [0.05, 0.1) is 6.61 Å². The molecule has 72 valence electrons. The Morgan fingerprint density at radius 2 is 1.83 bits per heavy atom. The zero-order valence-corrected chi connectivity index (χ0v) is 7.54. The Hall–Kier alpha value is -0.120. The molecule has 0 aromatic carbocycles. The number of hydrogen-bond donors (Lipinski definition) is 2. The Balaban J connectivity index is 2.35. The Kier molecular flexibility index (Phi) is 4.58. The van der Waals surface area contributed by atoms with Gasteiger partial charge in [-0.25, -0.2) is 5.90 Å². The van der Waals surface area contributed by atoms with Crippen LogP contribution in [-0.2, 0) is 4.84 Å². The van der Waals surface area contributed by atoms with E-state index in [1.165, 1.54) is 25.7 Å². The van der Waals surface area contributed by atoms with Crippen LogP contribution in [0.2, 0.25) is 0 Å². The first-order valence-electron chi connectivity index (χ1n) is 4.85. The van der Waals surface area contributed by atoms with Crippen LogP contribution in [0.5, 0.6) is 0 Å². The van der Waals surface area contributed by atoms with Gasteiger partial charge in [-0.2, -0.15) is 0 Å². The van der Waals surface area contributed by atoms with E-state index in [-0.39, 0.29) is 12.7 Å². The molecular weight excluding hydrogens is 154 g/mol. The van der Waals surface area contributed by atoms with Crippen molar-refractivity contribution in [2.24, 2.45) is 11.8 Å². The first-order chi connectivity index (χ1) is 5.88. The van der Waals surface area contributed by atoms with E-state index < -0.39 is 0 Å². The first kappa shape index (κ1) is 9.96. The van der Waals surface area contributed by atoms with Crippen molar-refractivity contribution < 1.29 is 9.94 Å². The van der Waals surface area contributed by atoms with Gasteiger partial charge in [0.25, 0.3) is 0 Å². The average Bonchev–Trinajstić information content (AvgIpc) is 2.35. The summed E-state index contributed by atoms with van der Waals surface area (Å²) in [6.45, 7) is 0.0567. The molecule has 0 radical (unpaired) electrons. The second-order valence-electron chi connectivity index (χ2n) is 3.61. The fraction of sp³-hybridized carbons (Fsp3) is 1.00. The van der Waals surface area contributed by atoms with E-state index in [4.69, 9.17) is 15.8 Å². The highest BCUT2D eigenvalue weighted by atomic mass is 16.6. The summed E-state index contributed by atoms with van der Waals surface area (Å²) in [6, 6.07) is 0. The Labute approximate surface area is 73.9 Å². The van der Waals surface area contributed by atoms with Gasteiger partial charge in [0.2, 0.25) is 0 Å². The smallest absolute Gasteiger partial charge is 0.104 e. The van der Waals surface area contributed by atoms with Crippen molar-refractivity contribution in [1.82, 2.24) is 0 Å². The number of rotatable bonds is 3. The van der Waals surface area contributed by atoms with Gasteiger partial charge < -0.3 is 5.11 Å². The minimum Gasteiger partial charge on any atom is -0.394 e. The number of nitrogens with two attached hydrogens (primary N) is 1. The van der Waals surface area contributed by atoms with Gasteiger partial charge >= 0.3 is 0 Å². The molecule has 0 spiro atoms. The van der Waals surface area contributed by atoms with E-state index in [2.05, 4.69) is 0 Å². The van der Waals surface area contributed by atoms with Crippen molar-refractivity contribution in [1.29, 1.82) is 0 Å². The van der Waals surface area contributed by atoms with Crippen LogP contribution in [0.15, 0.2) is 0 Å². The maximum Gasteiger partial charge on any atom is 0.104 e. The average molecular weight is 173 g/mol. The number of hydrogen-bond acceptors (Lipinski definition) is 3. The fourth-order valence-corrected chi connectivity index (χ4v) is 1.99. The SMILES string of the molecule is NOC(CO)C1CCCCCC1. The van der Waals surface area contributed by atoms with E-state index in [9.17, 15) is 0 Å². The molecule has 1 saturated carbocycles. The first-order valence-corrected chi connectivity index (χ1v) is 4.85. The van der Waals surface area contributed by atoms with Crippen molar-refractivity contribution in [2.75, 3.05) is 6.61 Å². The second kappa shape index (κ2) is 5.51. The van der Waals surface area contributed by atoms with E-state index in [0.29, 0.717) is 5.92 Å². The van der Waals surface area contributed by atoms with Crippen molar-refractivity contribution in [3.63, 3.8) is 0 Å². The lowest BCUT2D eigenvalue weighted by Gasteiger charge is -2.21. The lowest BCUT2D eigenvalue weighted by Crippen LogP contribution is -2.30. The van der Waals surface area contributed by atoms with Crippen molar-refractivity contribution >= 4 is 0 Å². The highest BCUT2D eigenvalue weighted by Gasteiger charge is 2.21. The zero-order chi connectivity index (χ0) is 8.81. The number of aliphatic hydroxyl groups excluding tert-OH is 1. The normalized spacial score (nSPS) is 23.5. The molecule has 1 rings (SSSR count). The molecule has 0 amide bonds. The Morgan fingerprint density at radius 3 is 2.25 bits per heavy atom. The van der Waals surface area contributed by atoms with Gasteiger partial charge in [-0.05, 0) is 18.8 Å². The van der Waals surface area contributed by atoms with Crippen LogP contribution in [0.3, 0.4) is 0 Å². The van der Waals surface area contributed by atoms with Crippen molar-refractivity contribution in [2.45, 2.75) is 44.6 Å². The minimum atomic E-state index is -0.136. The topological polar surface area (TPSA) is 55.5 Å². The largest absolute Gasteiger partial charge is 0.394 e. The molecule has 0 heterocycles. The van der Waals surface area contributed by atoms with E-state index in [1.807, 2.05) is 0 Å². The Bertz CT molecular complexity index is 107. The standard InChI is InChI=1S/C9H19NO2/c10-12-9(7-11)8-5-3-1-2-4-6-8/h8-9,11H,1-7,10H2. The summed E-state index contributed by atoms with van der Waals surface area (Å²) in [7, 11) is 0. The lowest BCUT2D eigenvalue weighted by atomic mass is 9.94. The summed E-state index contributed by atoms with van der Waals surface area (Å²) in [6.07, 6.45) is 7.32. The van der Waals surface area contributed by atoms with Crippen molar-refractivity contribution in [3.8, 4) is 0 Å². The Morgan fingerprint density at radius 1 is 1.25 bits per heavy atom. The van der Waals surface area contributed by atoms with Crippen LogP contribution in [-0.4, -0.2) is 17.8 Å². The maximum atomic E-state index is 8.97. The molecule has 0 saturated heterocycles. The third kappa shape index (κ3) is 2.73. The zero-order valence-electron chi connectivity index (χ0n) is 7.54. The van der Waals surface area contributed by atoms with Gasteiger partial charge in [-0.3, -0.25) is 4.84 Å². The van der Waals surface area contributed by atoms with Gasteiger partial charge in [-0.1, -0.05) is 25.7 Å². The van der Waals surface area contributed by atoms with Crippen LogP contribution < -0.4 is 5.90 Å². The summed E-state index contributed by atoms with van der Waals surface area (Å²) in [5.74, 6) is 5.58. The molecule has 12 heavy (non-hydrogen) atoms. The third-order valence-corrected chi connectivity index (χ3v) is 2.78. The van der Waals surface area contributed by atoms with Gasteiger partial charge in [0.1, 0.15) is 6.10 Å². The molecule has 0 bridgehead atoms. The van der Waals surface area contributed by atoms with Crippen LogP contribution in [0.1, 0.15) is 38.5 Å². The fourth-order valence-electron chi connectivity index (χ4n) is 1.99. The molecule has 0 aliphatic heterocycles. The van der Waals surface area contributed by atoms with E-state index >= 15 is 0 Å².